The second-order valence-corrected chi connectivity index (χ2v) is 12.3. The van der Waals surface area contributed by atoms with Crippen LogP contribution in [0.1, 0.15) is 52.8 Å². The highest BCUT2D eigenvalue weighted by Gasteiger charge is 2.37. The molecule has 0 spiro atoms. The Morgan fingerprint density at radius 1 is 1.04 bits per heavy atom. The number of aryl methyl sites for hydroxylation is 2. The zero-order valence-electron chi connectivity index (χ0n) is 27.0. The number of halogens is 3. The fourth-order valence-electron chi connectivity index (χ4n) is 4.47. The van der Waals surface area contributed by atoms with Crippen LogP contribution >= 0.6 is 0 Å². The molecular weight excluding hydrogens is 581 g/mol. The molecule has 1 unspecified atom stereocenters. The number of imidazole rings is 2. The lowest BCUT2D eigenvalue weighted by Gasteiger charge is -2.17. The zero-order chi connectivity index (χ0) is 33.7. The number of carbonyl (C=O) groups excluding carboxylic acids is 1. The summed E-state index contributed by atoms with van der Waals surface area (Å²) in [5.74, 6) is -0.911. The molecule has 0 bridgehead atoms. The minimum absolute atomic E-state index is 0.437. The minimum Gasteiger partial charge on any atom is -0.343 e. The van der Waals surface area contributed by atoms with Gasteiger partial charge in [0.25, 0.3) is 0 Å². The second-order valence-electron chi connectivity index (χ2n) is 12.3. The molecular formula is C34H41F3N6O2. The van der Waals surface area contributed by atoms with Gasteiger partial charge in [-0.15, -0.1) is 6.58 Å². The van der Waals surface area contributed by atoms with Gasteiger partial charge in [-0.3, -0.25) is 18.9 Å². The molecule has 8 nitrogen and oxygen atoms in total. The number of nitrogens with one attached hydrogen (secondary N) is 1. The number of hydrogen-bond donors (Lipinski definition) is 1. The highest BCUT2D eigenvalue weighted by atomic mass is 19.4. The van der Waals surface area contributed by atoms with E-state index in [1.54, 1.807) is 49.8 Å². The van der Waals surface area contributed by atoms with Crippen molar-refractivity contribution in [3.05, 3.63) is 95.6 Å². The van der Waals surface area contributed by atoms with E-state index in [4.69, 9.17) is 4.98 Å². The smallest absolute Gasteiger partial charge is 0.343 e. The predicted molar refractivity (Wildman–Crippen MR) is 174 cm³/mol. The molecule has 0 saturated carbocycles. The second kappa shape index (κ2) is 14.0. The maximum atomic E-state index is 13.6. The number of fused-ring (bicyclic) bond motifs is 2. The first-order valence-corrected chi connectivity index (χ1v) is 14.5. The van der Waals surface area contributed by atoms with E-state index in [0.717, 1.165) is 23.6 Å². The third kappa shape index (κ3) is 8.49. The van der Waals surface area contributed by atoms with Crippen LogP contribution in [0.15, 0.2) is 78.6 Å². The molecule has 1 amide bonds. The summed E-state index contributed by atoms with van der Waals surface area (Å²) in [5, 5.41) is 1.92. The third-order valence-corrected chi connectivity index (χ3v) is 6.35. The number of alkyl halides is 3. The van der Waals surface area contributed by atoms with Gasteiger partial charge >= 0.3 is 11.9 Å². The molecule has 0 saturated heterocycles. The molecule has 0 radical (unpaired) electrons. The van der Waals surface area contributed by atoms with Gasteiger partial charge in [0.1, 0.15) is 12.6 Å². The number of hydrogen-bond acceptors (Lipinski definition) is 4. The lowest BCUT2D eigenvalue weighted by molar-refractivity contribution is -0.158. The Balaban J connectivity index is 0.000000620. The molecule has 4 aromatic heterocycles. The monoisotopic (exact) mass is 622 g/mol. The highest BCUT2D eigenvalue weighted by Crippen LogP contribution is 2.27. The van der Waals surface area contributed by atoms with E-state index in [9.17, 15) is 22.8 Å². The van der Waals surface area contributed by atoms with Gasteiger partial charge in [0.05, 0.1) is 46.1 Å². The number of carbonyl (C=O) groups is 1. The molecule has 1 N–H and O–H groups in total. The van der Waals surface area contributed by atoms with Gasteiger partial charge in [-0.25, -0.2) is 9.78 Å². The third-order valence-electron chi connectivity index (χ3n) is 6.35. The molecule has 0 aliphatic heterocycles. The summed E-state index contributed by atoms with van der Waals surface area (Å²) in [6.07, 6.45) is 2.49. The fourth-order valence-corrected chi connectivity index (χ4v) is 4.47. The van der Waals surface area contributed by atoms with E-state index >= 15 is 0 Å². The van der Waals surface area contributed by atoms with E-state index in [1.807, 2.05) is 48.0 Å². The number of benzene rings is 1. The van der Waals surface area contributed by atoms with Crippen molar-refractivity contribution in [2.75, 3.05) is 0 Å². The molecule has 240 valence electrons. The fraction of sp³-hybridized carbons (Fsp3) is 0.353. The number of rotatable bonds is 5. The largest absolute Gasteiger partial charge is 0.408 e. The minimum atomic E-state index is -4.59. The van der Waals surface area contributed by atoms with Crippen LogP contribution in [0.25, 0.3) is 33.5 Å². The van der Waals surface area contributed by atoms with Crippen molar-refractivity contribution >= 4 is 22.5 Å². The van der Waals surface area contributed by atoms with E-state index in [-0.39, 0.29) is 0 Å². The van der Waals surface area contributed by atoms with Crippen molar-refractivity contribution in [1.29, 1.82) is 0 Å². The lowest BCUT2D eigenvalue weighted by Crippen LogP contribution is -2.45. The van der Waals surface area contributed by atoms with Crippen LogP contribution in [-0.2, 0) is 11.3 Å². The molecule has 5 aromatic rings. The number of amides is 1. The van der Waals surface area contributed by atoms with Gasteiger partial charge in [-0.05, 0) is 69.0 Å². The van der Waals surface area contributed by atoms with Gasteiger partial charge < -0.3 is 9.72 Å². The molecule has 0 aliphatic rings. The van der Waals surface area contributed by atoms with Crippen LogP contribution in [0, 0.1) is 19.3 Å². The quantitative estimate of drug-likeness (QED) is 0.207. The Morgan fingerprint density at radius 3 is 2.29 bits per heavy atom. The topological polar surface area (TPSA) is 86.2 Å². The number of allylic oxidation sites excluding steroid dienone is 1. The maximum Gasteiger partial charge on any atom is 0.408 e. The summed E-state index contributed by atoms with van der Waals surface area (Å²) in [7, 11) is 0. The van der Waals surface area contributed by atoms with Gasteiger partial charge in [0, 0.05) is 11.8 Å². The molecule has 45 heavy (non-hydrogen) atoms. The number of para-hydroxylation sites is 1. The van der Waals surface area contributed by atoms with Crippen LogP contribution in [0.4, 0.5) is 13.2 Å². The Morgan fingerprint density at radius 2 is 1.69 bits per heavy atom. The molecule has 4 heterocycles. The molecule has 0 aliphatic carbocycles. The van der Waals surface area contributed by atoms with Crippen molar-refractivity contribution in [3.63, 3.8) is 0 Å². The van der Waals surface area contributed by atoms with Crippen molar-refractivity contribution in [2.24, 2.45) is 5.41 Å². The molecule has 11 heteroatoms. The Bertz CT molecular complexity index is 1850. The molecule has 5 rings (SSSR count). The van der Waals surface area contributed by atoms with Crippen LogP contribution in [0.3, 0.4) is 0 Å². The Kier molecular flexibility index (Phi) is 10.8. The Labute approximate surface area is 261 Å². The first-order chi connectivity index (χ1) is 21.0. The summed E-state index contributed by atoms with van der Waals surface area (Å²) < 4.78 is 43.3. The van der Waals surface area contributed by atoms with Crippen molar-refractivity contribution in [2.45, 2.75) is 74.2 Å². The average molecular weight is 623 g/mol. The summed E-state index contributed by atoms with van der Waals surface area (Å²) >= 11 is 0. The highest BCUT2D eigenvalue weighted by molar-refractivity contribution is 5.85. The van der Waals surface area contributed by atoms with Crippen LogP contribution < -0.4 is 11.0 Å². The zero-order valence-corrected chi connectivity index (χ0v) is 27.0. The van der Waals surface area contributed by atoms with Crippen LogP contribution in [0.5, 0.6) is 0 Å². The SMILES string of the molecule is C=CC.CC(C)(C)C.Cc1nc(-c2cccn3cncc23)ccc1-n1c(=O)n(CC(=O)NC(C)C(F)(F)F)c2cccc(C)c21. The van der Waals surface area contributed by atoms with E-state index in [0.29, 0.717) is 33.5 Å². The van der Waals surface area contributed by atoms with E-state index in [2.05, 4.69) is 39.3 Å². The van der Waals surface area contributed by atoms with Crippen molar-refractivity contribution in [1.82, 2.24) is 28.8 Å². The predicted octanol–water partition coefficient (Wildman–Crippen LogP) is 7.43. The number of aromatic nitrogens is 5. The average Bonchev–Trinajstić information content (AvgIpc) is 3.51. The van der Waals surface area contributed by atoms with Gasteiger partial charge in [0.2, 0.25) is 5.91 Å². The van der Waals surface area contributed by atoms with Gasteiger partial charge in [0.15, 0.2) is 0 Å². The summed E-state index contributed by atoms with van der Waals surface area (Å²) in [6.45, 7) is 17.9. The summed E-state index contributed by atoms with van der Waals surface area (Å²) in [5.41, 5.74) is 5.24. The maximum absolute atomic E-state index is 13.6. The first-order valence-electron chi connectivity index (χ1n) is 14.5. The van der Waals surface area contributed by atoms with Gasteiger partial charge in [-0.1, -0.05) is 45.9 Å². The van der Waals surface area contributed by atoms with Crippen LogP contribution in [0.2, 0.25) is 0 Å². The van der Waals surface area contributed by atoms with Crippen LogP contribution in [-0.4, -0.2) is 41.6 Å². The number of pyridine rings is 2. The number of nitrogens with zero attached hydrogens (tertiary/aromatic N) is 5. The summed E-state index contributed by atoms with van der Waals surface area (Å²) in [6, 6.07) is 10.6. The molecule has 0 fully saturated rings. The molecule has 1 aromatic carbocycles. The van der Waals surface area contributed by atoms with Crippen molar-refractivity contribution < 1.29 is 18.0 Å². The summed E-state index contributed by atoms with van der Waals surface area (Å²) in [4.78, 5) is 35.0. The van der Waals surface area contributed by atoms with Crippen molar-refractivity contribution in [3.8, 4) is 16.9 Å². The van der Waals surface area contributed by atoms with E-state index in [1.165, 1.54) is 9.13 Å². The van der Waals surface area contributed by atoms with E-state index < -0.39 is 30.4 Å². The molecule has 1 atom stereocenters. The first kappa shape index (κ1) is 34.8. The Hall–Kier alpha value is -4.67. The normalized spacial score (nSPS) is 12.2. The van der Waals surface area contributed by atoms with Gasteiger partial charge in [-0.2, -0.15) is 13.2 Å². The standard InChI is InChI=1S/C26H23F3N6O2.C5H12.C3H6/c1-15-6-4-8-21-24(15)35(25(37)34(21)13-23(36)32-17(3)26(27,28)29)20-10-9-19(31-16(20)2)18-7-5-11-33-14-30-12-22(18)33;1-5(2,3)4;1-3-2/h4-12,14,17H,13H2,1-3H3,(H,32,36);1-4H3;3H,1H2,2H3. The lowest BCUT2D eigenvalue weighted by atomic mass is 10.0.